The van der Waals surface area contributed by atoms with Crippen LogP contribution in [0.4, 0.5) is 5.69 Å². The molecule has 0 radical (unpaired) electrons. The SMILES string of the molecule is Cc1ccn(C(C)CC(=O)Nc2ccc(C)c(Cl)c2)n1. The van der Waals surface area contributed by atoms with E-state index in [1.807, 2.05) is 45.2 Å². The van der Waals surface area contributed by atoms with Crippen molar-refractivity contribution in [2.75, 3.05) is 5.32 Å². The molecule has 1 heterocycles. The molecule has 0 aliphatic heterocycles. The van der Waals surface area contributed by atoms with Crippen molar-refractivity contribution in [2.24, 2.45) is 0 Å². The van der Waals surface area contributed by atoms with Gasteiger partial charge in [-0.2, -0.15) is 5.10 Å². The van der Waals surface area contributed by atoms with Gasteiger partial charge in [-0.25, -0.2) is 0 Å². The Labute approximate surface area is 123 Å². The average Bonchev–Trinajstić information content (AvgIpc) is 2.80. The number of carbonyl (C=O) groups is 1. The Morgan fingerprint density at radius 2 is 2.15 bits per heavy atom. The van der Waals surface area contributed by atoms with Crippen molar-refractivity contribution >= 4 is 23.2 Å². The third-order valence-electron chi connectivity index (χ3n) is 3.13. The van der Waals surface area contributed by atoms with Crippen molar-refractivity contribution in [1.82, 2.24) is 9.78 Å². The average molecular weight is 292 g/mol. The maximum absolute atomic E-state index is 12.0. The van der Waals surface area contributed by atoms with Crippen LogP contribution >= 0.6 is 11.6 Å². The molecule has 0 spiro atoms. The number of anilines is 1. The second kappa shape index (κ2) is 6.09. The van der Waals surface area contributed by atoms with Crippen molar-refractivity contribution < 1.29 is 4.79 Å². The van der Waals surface area contributed by atoms with Gasteiger partial charge in [0.15, 0.2) is 0 Å². The molecule has 1 aromatic carbocycles. The van der Waals surface area contributed by atoms with E-state index >= 15 is 0 Å². The Kier molecular flexibility index (Phi) is 4.45. The Hall–Kier alpha value is -1.81. The van der Waals surface area contributed by atoms with Crippen LogP contribution in [0.5, 0.6) is 0 Å². The summed E-state index contributed by atoms with van der Waals surface area (Å²) < 4.78 is 1.80. The van der Waals surface area contributed by atoms with Crippen LogP contribution in [0.25, 0.3) is 0 Å². The van der Waals surface area contributed by atoms with E-state index < -0.39 is 0 Å². The first-order chi connectivity index (χ1) is 9.45. The molecule has 106 valence electrons. The molecule has 1 amide bonds. The van der Waals surface area contributed by atoms with E-state index in [-0.39, 0.29) is 11.9 Å². The van der Waals surface area contributed by atoms with Gasteiger partial charge >= 0.3 is 0 Å². The molecular formula is C15H18ClN3O. The molecule has 4 nitrogen and oxygen atoms in total. The number of carbonyl (C=O) groups excluding carboxylic acids is 1. The monoisotopic (exact) mass is 291 g/mol. The molecule has 1 aromatic heterocycles. The summed E-state index contributed by atoms with van der Waals surface area (Å²) in [7, 11) is 0. The lowest BCUT2D eigenvalue weighted by molar-refractivity contribution is -0.116. The fraction of sp³-hybridized carbons (Fsp3) is 0.333. The van der Waals surface area contributed by atoms with E-state index in [4.69, 9.17) is 11.6 Å². The van der Waals surface area contributed by atoms with Gasteiger partial charge in [-0.05, 0) is 44.5 Å². The second-order valence-electron chi connectivity index (χ2n) is 5.00. The lowest BCUT2D eigenvalue weighted by Crippen LogP contribution is -2.18. The summed E-state index contributed by atoms with van der Waals surface area (Å²) in [5, 5.41) is 7.82. The van der Waals surface area contributed by atoms with Crippen LogP contribution in [-0.2, 0) is 4.79 Å². The van der Waals surface area contributed by atoms with E-state index in [2.05, 4.69) is 10.4 Å². The molecular weight excluding hydrogens is 274 g/mol. The minimum absolute atomic E-state index is 0.0182. The Morgan fingerprint density at radius 1 is 1.40 bits per heavy atom. The predicted molar refractivity (Wildman–Crippen MR) is 81.1 cm³/mol. The van der Waals surface area contributed by atoms with Crippen LogP contribution in [0.3, 0.4) is 0 Å². The smallest absolute Gasteiger partial charge is 0.226 e. The molecule has 0 bridgehead atoms. The van der Waals surface area contributed by atoms with Crippen molar-refractivity contribution in [2.45, 2.75) is 33.2 Å². The van der Waals surface area contributed by atoms with Gasteiger partial charge in [0.2, 0.25) is 5.91 Å². The molecule has 0 fully saturated rings. The first-order valence-electron chi connectivity index (χ1n) is 6.53. The molecule has 0 aliphatic carbocycles. The number of hydrogen-bond acceptors (Lipinski definition) is 2. The fourth-order valence-electron chi connectivity index (χ4n) is 1.92. The zero-order chi connectivity index (χ0) is 14.7. The quantitative estimate of drug-likeness (QED) is 0.933. The van der Waals surface area contributed by atoms with E-state index in [1.54, 1.807) is 10.7 Å². The Balaban J connectivity index is 1.96. The van der Waals surface area contributed by atoms with Crippen molar-refractivity contribution in [3.05, 3.63) is 46.7 Å². The summed E-state index contributed by atoms with van der Waals surface area (Å²) >= 11 is 6.04. The number of halogens is 1. The Bertz CT molecular complexity index is 621. The van der Waals surface area contributed by atoms with E-state index in [9.17, 15) is 4.79 Å². The van der Waals surface area contributed by atoms with Crippen LogP contribution < -0.4 is 5.32 Å². The largest absolute Gasteiger partial charge is 0.326 e. The van der Waals surface area contributed by atoms with Crippen LogP contribution in [0, 0.1) is 13.8 Å². The van der Waals surface area contributed by atoms with Crippen LogP contribution in [0.15, 0.2) is 30.5 Å². The molecule has 0 aliphatic rings. The summed E-state index contributed by atoms with van der Waals surface area (Å²) in [6.07, 6.45) is 2.25. The molecule has 20 heavy (non-hydrogen) atoms. The zero-order valence-electron chi connectivity index (χ0n) is 11.9. The number of hydrogen-bond donors (Lipinski definition) is 1. The first kappa shape index (κ1) is 14.6. The van der Waals surface area contributed by atoms with E-state index in [0.717, 1.165) is 16.9 Å². The van der Waals surface area contributed by atoms with Gasteiger partial charge in [-0.1, -0.05) is 17.7 Å². The topological polar surface area (TPSA) is 46.9 Å². The lowest BCUT2D eigenvalue weighted by Gasteiger charge is -2.12. The first-order valence-corrected chi connectivity index (χ1v) is 6.91. The minimum atomic E-state index is -0.0504. The van der Waals surface area contributed by atoms with Gasteiger partial charge in [-0.15, -0.1) is 0 Å². The molecule has 0 saturated heterocycles. The van der Waals surface area contributed by atoms with Crippen LogP contribution in [0.2, 0.25) is 5.02 Å². The van der Waals surface area contributed by atoms with Gasteiger partial charge in [0.25, 0.3) is 0 Å². The number of rotatable bonds is 4. The molecule has 2 rings (SSSR count). The maximum atomic E-state index is 12.0. The van der Waals surface area contributed by atoms with Gasteiger partial charge in [0.1, 0.15) is 0 Å². The molecule has 2 aromatic rings. The second-order valence-corrected chi connectivity index (χ2v) is 5.41. The molecule has 5 heteroatoms. The number of benzene rings is 1. The molecule has 1 atom stereocenters. The van der Waals surface area contributed by atoms with Gasteiger partial charge in [0, 0.05) is 23.3 Å². The van der Waals surface area contributed by atoms with E-state index in [1.165, 1.54) is 0 Å². The number of aromatic nitrogens is 2. The van der Waals surface area contributed by atoms with Gasteiger partial charge in [0.05, 0.1) is 11.7 Å². The summed E-state index contributed by atoms with van der Waals surface area (Å²) in [5.74, 6) is -0.0504. The fourth-order valence-corrected chi connectivity index (χ4v) is 2.10. The predicted octanol–water partition coefficient (Wildman–Crippen LogP) is 3.74. The Morgan fingerprint density at radius 3 is 2.75 bits per heavy atom. The van der Waals surface area contributed by atoms with Crippen molar-refractivity contribution in [3.8, 4) is 0 Å². The van der Waals surface area contributed by atoms with E-state index in [0.29, 0.717) is 11.4 Å². The molecule has 0 saturated carbocycles. The third kappa shape index (κ3) is 3.61. The van der Waals surface area contributed by atoms with Crippen LogP contribution in [-0.4, -0.2) is 15.7 Å². The van der Waals surface area contributed by atoms with Gasteiger partial charge < -0.3 is 5.32 Å². The normalized spacial score (nSPS) is 12.2. The van der Waals surface area contributed by atoms with Crippen molar-refractivity contribution in [3.63, 3.8) is 0 Å². The highest BCUT2D eigenvalue weighted by Crippen LogP contribution is 2.20. The summed E-state index contributed by atoms with van der Waals surface area (Å²) in [6, 6.07) is 7.44. The lowest BCUT2D eigenvalue weighted by atomic mass is 10.2. The van der Waals surface area contributed by atoms with Gasteiger partial charge in [-0.3, -0.25) is 9.48 Å². The number of nitrogens with one attached hydrogen (secondary N) is 1. The number of aryl methyl sites for hydroxylation is 2. The maximum Gasteiger partial charge on any atom is 0.226 e. The highest BCUT2D eigenvalue weighted by molar-refractivity contribution is 6.31. The minimum Gasteiger partial charge on any atom is -0.326 e. The zero-order valence-corrected chi connectivity index (χ0v) is 12.6. The molecule has 1 N–H and O–H groups in total. The summed E-state index contributed by atoms with van der Waals surface area (Å²) in [6.45, 7) is 5.82. The highest BCUT2D eigenvalue weighted by Gasteiger charge is 2.12. The number of amides is 1. The number of nitrogens with zero attached hydrogens (tertiary/aromatic N) is 2. The van der Waals surface area contributed by atoms with Crippen LogP contribution in [0.1, 0.15) is 30.6 Å². The summed E-state index contributed by atoms with van der Waals surface area (Å²) in [4.78, 5) is 12.0. The standard InChI is InChI=1S/C15H18ClN3O/c1-10-4-5-13(9-14(10)16)17-15(20)8-12(3)19-7-6-11(2)18-19/h4-7,9,12H,8H2,1-3H3,(H,17,20). The summed E-state index contributed by atoms with van der Waals surface area (Å²) in [5.41, 5.74) is 2.65. The highest BCUT2D eigenvalue weighted by atomic mass is 35.5. The third-order valence-corrected chi connectivity index (χ3v) is 3.54. The van der Waals surface area contributed by atoms with Crippen molar-refractivity contribution in [1.29, 1.82) is 0 Å². The molecule has 1 unspecified atom stereocenters.